The van der Waals surface area contributed by atoms with Crippen LogP contribution in [-0.2, 0) is 4.79 Å². The van der Waals surface area contributed by atoms with Gasteiger partial charge in [0.1, 0.15) is 11.9 Å². The van der Waals surface area contributed by atoms with Crippen LogP contribution in [-0.4, -0.2) is 45.9 Å². The summed E-state index contributed by atoms with van der Waals surface area (Å²) in [5.41, 5.74) is 1.40. The van der Waals surface area contributed by atoms with Gasteiger partial charge in [0.05, 0.1) is 20.6 Å². The van der Waals surface area contributed by atoms with Gasteiger partial charge in [-0.1, -0.05) is 40.9 Å². The number of hydrogen-bond acceptors (Lipinski definition) is 5. The molecular formula is C25H23Cl3N4O3. The van der Waals surface area contributed by atoms with Gasteiger partial charge in [0, 0.05) is 50.3 Å². The number of benzene rings is 1. The van der Waals surface area contributed by atoms with E-state index >= 15 is 0 Å². The molecule has 182 valence electrons. The first-order valence-electron chi connectivity index (χ1n) is 11.0. The van der Waals surface area contributed by atoms with Gasteiger partial charge in [-0.25, -0.2) is 9.97 Å². The van der Waals surface area contributed by atoms with Crippen LogP contribution in [0.25, 0.3) is 0 Å². The number of hydrogen-bond donors (Lipinski definition) is 1. The molecule has 1 fully saturated rings. The second-order valence-corrected chi connectivity index (χ2v) is 9.66. The highest BCUT2D eigenvalue weighted by molar-refractivity contribution is 6.42. The van der Waals surface area contributed by atoms with Crippen LogP contribution in [0.4, 0.5) is 5.82 Å². The molecule has 2 aromatic heterocycles. The lowest BCUT2D eigenvalue weighted by molar-refractivity contribution is -0.114. The fourth-order valence-electron chi connectivity index (χ4n) is 4.23. The summed E-state index contributed by atoms with van der Waals surface area (Å²) >= 11 is 18.4. The highest BCUT2D eigenvalue weighted by atomic mass is 35.5. The molecule has 0 saturated carbocycles. The molecule has 35 heavy (non-hydrogen) atoms. The summed E-state index contributed by atoms with van der Waals surface area (Å²) in [7, 11) is 0. The molecule has 3 atom stereocenters. The predicted molar refractivity (Wildman–Crippen MR) is 136 cm³/mol. The molecule has 0 radical (unpaired) electrons. The Hall–Kier alpha value is -2.87. The number of ether oxygens (including phenoxy) is 1. The minimum atomic E-state index is -0.263. The number of nitrogens with zero attached hydrogens (tertiary/aromatic N) is 3. The highest BCUT2D eigenvalue weighted by Crippen LogP contribution is 2.38. The van der Waals surface area contributed by atoms with Crippen LogP contribution in [0.5, 0.6) is 5.88 Å². The van der Waals surface area contributed by atoms with Gasteiger partial charge >= 0.3 is 0 Å². The number of anilines is 1. The van der Waals surface area contributed by atoms with Crippen LogP contribution in [0.2, 0.25) is 15.1 Å². The standard InChI is InChI=1S/C25H23Cl3N4O3/c1-14(35-24-8-5-18(26)11-30-24)19-12-32(13-20(19)16-3-6-21(27)22(28)9-16)25(34)17-4-7-23(29-10-17)31-15(2)33/h3-11,14,19-20H,12-13H2,1-2H3,(H,29,31,33)/t14-,19+,20+/m1/s1. The summed E-state index contributed by atoms with van der Waals surface area (Å²) in [5, 5.41) is 4.05. The number of halogens is 3. The van der Waals surface area contributed by atoms with E-state index in [9.17, 15) is 9.59 Å². The average Bonchev–Trinajstić information content (AvgIpc) is 3.28. The van der Waals surface area contributed by atoms with Gasteiger partial charge in [0.2, 0.25) is 11.8 Å². The number of carbonyl (C=O) groups excluding carboxylic acids is 2. The minimum absolute atomic E-state index is 0.0392. The molecular weight excluding hydrogens is 511 g/mol. The zero-order valence-corrected chi connectivity index (χ0v) is 21.3. The van der Waals surface area contributed by atoms with Crippen LogP contribution in [0.3, 0.4) is 0 Å². The van der Waals surface area contributed by atoms with Crippen molar-refractivity contribution in [2.45, 2.75) is 25.9 Å². The first kappa shape index (κ1) is 25.2. The number of nitrogens with one attached hydrogen (secondary N) is 1. The zero-order chi connectivity index (χ0) is 25.1. The molecule has 2 amide bonds. The van der Waals surface area contributed by atoms with Crippen LogP contribution in [0.15, 0.2) is 54.9 Å². The van der Waals surface area contributed by atoms with Crippen molar-refractivity contribution in [3.63, 3.8) is 0 Å². The molecule has 10 heteroatoms. The molecule has 1 N–H and O–H groups in total. The maximum Gasteiger partial charge on any atom is 0.255 e. The number of aromatic nitrogens is 2. The summed E-state index contributed by atoms with van der Waals surface area (Å²) in [5.74, 6) is 0.378. The monoisotopic (exact) mass is 532 g/mol. The molecule has 1 saturated heterocycles. The predicted octanol–water partition coefficient (Wildman–Crippen LogP) is 5.72. The van der Waals surface area contributed by atoms with Crippen molar-refractivity contribution in [2.24, 2.45) is 5.92 Å². The molecule has 7 nitrogen and oxygen atoms in total. The Morgan fingerprint density at radius 2 is 1.83 bits per heavy atom. The Morgan fingerprint density at radius 3 is 2.46 bits per heavy atom. The van der Waals surface area contributed by atoms with Gasteiger partial charge in [-0.2, -0.15) is 0 Å². The molecule has 0 unspecified atom stereocenters. The number of likely N-dealkylation sites (tertiary alicyclic amines) is 1. The lowest BCUT2D eigenvalue weighted by Gasteiger charge is -2.25. The summed E-state index contributed by atoms with van der Waals surface area (Å²) < 4.78 is 6.13. The first-order chi connectivity index (χ1) is 16.7. The van der Waals surface area contributed by atoms with Crippen LogP contribution in [0.1, 0.15) is 35.7 Å². The second kappa shape index (κ2) is 10.8. The third-order valence-electron chi connectivity index (χ3n) is 5.95. The van der Waals surface area contributed by atoms with E-state index in [2.05, 4.69) is 15.3 Å². The first-order valence-corrected chi connectivity index (χ1v) is 12.1. The Balaban J connectivity index is 1.57. The Labute approximate surface area is 218 Å². The maximum atomic E-state index is 13.3. The third kappa shape index (κ3) is 6.04. The number of amides is 2. The smallest absolute Gasteiger partial charge is 0.255 e. The fourth-order valence-corrected chi connectivity index (χ4v) is 4.65. The third-order valence-corrected chi connectivity index (χ3v) is 6.91. The van der Waals surface area contributed by atoms with Crippen molar-refractivity contribution in [1.82, 2.24) is 14.9 Å². The number of carbonyl (C=O) groups is 2. The van der Waals surface area contributed by atoms with Gasteiger partial charge in [-0.05, 0) is 42.8 Å². The zero-order valence-electron chi connectivity index (χ0n) is 19.0. The van der Waals surface area contributed by atoms with Crippen molar-refractivity contribution in [3.8, 4) is 5.88 Å². The average molecular weight is 534 g/mol. The number of rotatable bonds is 6. The van der Waals surface area contributed by atoms with E-state index in [1.807, 2.05) is 19.1 Å². The van der Waals surface area contributed by atoms with Crippen molar-refractivity contribution in [1.29, 1.82) is 0 Å². The Kier molecular flexibility index (Phi) is 7.79. The van der Waals surface area contributed by atoms with Crippen molar-refractivity contribution in [2.75, 3.05) is 18.4 Å². The lowest BCUT2D eigenvalue weighted by atomic mass is 9.86. The molecule has 3 aromatic rings. The normalized spacial score (nSPS) is 18.3. The quantitative estimate of drug-likeness (QED) is 0.438. The summed E-state index contributed by atoms with van der Waals surface area (Å²) in [4.78, 5) is 34.7. The van der Waals surface area contributed by atoms with Gasteiger partial charge in [0.15, 0.2) is 0 Å². The van der Waals surface area contributed by atoms with Crippen molar-refractivity contribution in [3.05, 3.63) is 81.1 Å². The van der Waals surface area contributed by atoms with Gasteiger partial charge in [-0.3, -0.25) is 9.59 Å². The fraction of sp³-hybridized carbons (Fsp3) is 0.280. The molecule has 1 aliphatic heterocycles. The van der Waals surface area contributed by atoms with E-state index in [4.69, 9.17) is 39.5 Å². The summed E-state index contributed by atoms with van der Waals surface area (Å²) in [6, 6.07) is 12.2. The van der Waals surface area contributed by atoms with E-state index in [1.54, 1.807) is 35.2 Å². The van der Waals surface area contributed by atoms with Crippen LogP contribution < -0.4 is 10.1 Å². The van der Waals surface area contributed by atoms with Gasteiger partial charge in [-0.15, -0.1) is 0 Å². The van der Waals surface area contributed by atoms with Crippen LogP contribution >= 0.6 is 34.8 Å². The largest absolute Gasteiger partial charge is 0.474 e. The van der Waals surface area contributed by atoms with E-state index < -0.39 is 0 Å². The summed E-state index contributed by atoms with van der Waals surface area (Å²) in [6.45, 7) is 4.29. The molecule has 4 rings (SSSR count). The van der Waals surface area contributed by atoms with Crippen molar-refractivity contribution >= 4 is 52.4 Å². The van der Waals surface area contributed by atoms with E-state index in [-0.39, 0.29) is 29.8 Å². The van der Waals surface area contributed by atoms with E-state index in [1.165, 1.54) is 19.3 Å². The SMILES string of the molecule is CC(=O)Nc1ccc(C(=O)N2C[C@@H]([C@@H](C)Oc3ccc(Cl)cn3)[C@H](c3ccc(Cl)c(Cl)c3)C2)cn1. The van der Waals surface area contributed by atoms with Crippen molar-refractivity contribution < 1.29 is 14.3 Å². The highest BCUT2D eigenvalue weighted by Gasteiger charge is 2.40. The van der Waals surface area contributed by atoms with E-state index in [0.29, 0.717) is 45.4 Å². The van der Waals surface area contributed by atoms with Crippen LogP contribution in [0, 0.1) is 5.92 Å². The lowest BCUT2D eigenvalue weighted by Crippen LogP contribution is -2.32. The molecule has 0 aliphatic carbocycles. The molecule has 3 heterocycles. The van der Waals surface area contributed by atoms with Gasteiger partial charge < -0.3 is 15.0 Å². The molecule has 0 spiro atoms. The topological polar surface area (TPSA) is 84.4 Å². The maximum absolute atomic E-state index is 13.3. The minimum Gasteiger partial charge on any atom is -0.474 e. The summed E-state index contributed by atoms with van der Waals surface area (Å²) in [6.07, 6.45) is 2.73. The van der Waals surface area contributed by atoms with Gasteiger partial charge in [0.25, 0.3) is 5.91 Å². The molecule has 1 aromatic carbocycles. The van der Waals surface area contributed by atoms with E-state index in [0.717, 1.165) is 5.56 Å². The Bertz CT molecular complexity index is 1220. The number of pyridine rings is 2. The molecule has 0 bridgehead atoms. The molecule has 1 aliphatic rings. The second-order valence-electron chi connectivity index (χ2n) is 8.40. The Morgan fingerprint density at radius 1 is 1.03 bits per heavy atom.